The molecule has 3 rings (SSSR count). The molecule has 6 heteroatoms. The molecule has 2 aromatic rings. The Morgan fingerprint density at radius 3 is 2.72 bits per heavy atom. The van der Waals surface area contributed by atoms with Gasteiger partial charge in [0, 0.05) is 24.7 Å². The van der Waals surface area contributed by atoms with E-state index in [1.165, 1.54) is 0 Å². The van der Waals surface area contributed by atoms with Gasteiger partial charge in [-0.2, -0.15) is 0 Å². The Bertz CT molecular complexity index is 776. The number of urea groups is 1. The molecule has 3 N–H and O–H groups in total. The average molecular weight is 339 g/mol. The zero-order chi connectivity index (χ0) is 17.6. The van der Waals surface area contributed by atoms with Crippen LogP contribution in [0.3, 0.4) is 0 Å². The molecule has 130 valence electrons. The number of anilines is 1. The lowest BCUT2D eigenvalue weighted by atomic mass is 10.0. The average Bonchev–Trinajstić information content (AvgIpc) is 2.63. The Balaban J connectivity index is 1.69. The van der Waals surface area contributed by atoms with Gasteiger partial charge in [0.15, 0.2) is 0 Å². The number of para-hydroxylation sites is 2. The molecule has 0 unspecified atom stereocenters. The number of fused-ring (bicyclic) bond motifs is 1. The monoisotopic (exact) mass is 339 g/mol. The molecule has 0 saturated heterocycles. The molecule has 0 fully saturated rings. The molecule has 1 heterocycles. The number of carbonyl (C=O) groups excluding carboxylic acids is 2. The number of carbonyl (C=O) groups is 2. The van der Waals surface area contributed by atoms with Gasteiger partial charge in [-0.05, 0) is 17.7 Å². The first kappa shape index (κ1) is 16.8. The van der Waals surface area contributed by atoms with E-state index in [0.29, 0.717) is 18.7 Å². The molecule has 3 amide bonds. The molecule has 1 atom stereocenters. The minimum absolute atomic E-state index is 0.101. The molecule has 0 saturated carbocycles. The van der Waals surface area contributed by atoms with Gasteiger partial charge in [-0.1, -0.05) is 36.4 Å². The van der Waals surface area contributed by atoms with Gasteiger partial charge in [-0.15, -0.1) is 0 Å². The molecule has 0 radical (unpaired) electrons. The van der Waals surface area contributed by atoms with Gasteiger partial charge in [-0.25, -0.2) is 4.79 Å². The van der Waals surface area contributed by atoms with Gasteiger partial charge < -0.3 is 20.7 Å². The summed E-state index contributed by atoms with van der Waals surface area (Å²) >= 11 is 0. The maximum Gasteiger partial charge on any atom is 0.319 e. The summed E-state index contributed by atoms with van der Waals surface area (Å²) in [7, 11) is 1.59. The van der Waals surface area contributed by atoms with E-state index in [9.17, 15) is 9.59 Å². The van der Waals surface area contributed by atoms with Crippen molar-refractivity contribution in [3.05, 3.63) is 59.7 Å². The summed E-state index contributed by atoms with van der Waals surface area (Å²) in [5.74, 6) is 0.701. The fourth-order valence-corrected chi connectivity index (χ4v) is 2.87. The van der Waals surface area contributed by atoms with Gasteiger partial charge in [0.2, 0.25) is 5.91 Å². The third kappa shape index (κ3) is 4.09. The number of rotatable bonds is 4. The molecule has 0 spiro atoms. The van der Waals surface area contributed by atoms with Crippen LogP contribution in [0.4, 0.5) is 10.5 Å². The van der Waals surface area contributed by atoms with Crippen LogP contribution in [-0.2, 0) is 11.2 Å². The second-order valence-electron chi connectivity index (χ2n) is 5.83. The molecule has 6 nitrogen and oxygen atoms in total. The van der Waals surface area contributed by atoms with Crippen LogP contribution in [0.5, 0.6) is 5.75 Å². The van der Waals surface area contributed by atoms with Crippen molar-refractivity contribution in [2.45, 2.75) is 18.9 Å². The first-order valence-electron chi connectivity index (χ1n) is 8.25. The number of hydrogen-bond donors (Lipinski definition) is 3. The van der Waals surface area contributed by atoms with Gasteiger partial charge in [0.25, 0.3) is 0 Å². The first-order chi connectivity index (χ1) is 12.2. The standard InChI is InChI=1S/C19H21N3O3/c1-20-18(23)12-13-6-2-4-8-15(13)21-19(24)22-16-10-11-25-17-9-5-3-7-14(16)17/h2-9,16H,10-12H2,1H3,(H,20,23)(H2,21,22,24)/t16-/m1/s1. The normalized spacial score (nSPS) is 15.5. The Morgan fingerprint density at radius 2 is 1.88 bits per heavy atom. The smallest absolute Gasteiger partial charge is 0.319 e. The minimum atomic E-state index is -0.300. The third-order valence-corrected chi connectivity index (χ3v) is 4.16. The van der Waals surface area contributed by atoms with Crippen LogP contribution >= 0.6 is 0 Å². The lowest BCUT2D eigenvalue weighted by Crippen LogP contribution is -2.35. The second kappa shape index (κ2) is 7.70. The summed E-state index contributed by atoms with van der Waals surface area (Å²) in [5, 5.41) is 8.42. The van der Waals surface area contributed by atoms with Crippen LogP contribution in [0.2, 0.25) is 0 Å². The molecule has 2 aromatic carbocycles. The maximum absolute atomic E-state index is 12.4. The van der Waals surface area contributed by atoms with E-state index in [4.69, 9.17) is 4.74 Å². The van der Waals surface area contributed by atoms with Crippen molar-refractivity contribution in [2.75, 3.05) is 19.0 Å². The van der Waals surface area contributed by atoms with Crippen LogP contribution in [0.1, 0.15) is 23.6 Å². The number of amides is 3. The molecule has 1 aliphatic rings. The van der Waals surface area contributed by atoms with E-state index >= 15 is 0 Å². The summed E-state index contributed by atoms with van der Waals surface area (Å²) in [5.41, 5.74) is 2.37. The molecule has 0 aromatic heterocycles. The highest BCUT2D eigenvalue weighted by atomic mass is 16.5. The predicted molar refractivity (Wildman–Crippen MR) is 95.7 cm³/mol. The SMILES string of the molecule is CNC(=O)Cc1ccccc1NC(=O)N[C@@H]1CCOc2ccccc21. The van der Waals surface area contributed by atoms with Gasteiger partial charge >= 0.3 is 6.03 Å². The second-order valence-corrected chi connectivity index (χ2v) is 5.83. The Hall–Kier alpha value is -3.02. The summed E-state index contributed by atoms with van der Waals surface area (Å²) in [6.45, 7) is 0.565. The van der Waals surface area contributed by atoms with Crippen LogP contribution in [-0.4, -0.2) is 25.6 Å². The first-order valence-corrected chi connectivity index (χ1v) is 8.25. The number of hydrogen-bond acceptors (Lipinski definition) is 3. The number of nitrogens with one attached hydrogen (secondary N) is 3. The van der Waals surface area contributed by atoms with Crippen molar-refractivity contribution < 1.29 is 14.3 Å². The molecular formula is C19H21N3O3. The quantitative estimate of drug-likeness (QED) is 0.801. The van der Waals surface area contributed by atoms with Crippen molar-refractivity contribution in [3.63, 3.8) is 0 Å². The van der Waals surface area contributed by atoms with Crippen molar-refractivity contribution in [1.29, 1.82) is 0 Å². The summed E-state index contributed by atoms with van der Waals surface area (Å²) in [6.07, 6.45) is 0.928. The Kier molecular flexibility index (Phi) is 5.18. The van der Waals surface area contributed by atoms with E-state index < -0.39 is 0 Å². The van der Waals surface area contributed by atoms with E-state index in [1.54, 1.807) is 13.1 Å². The third-order valence-electron chi connectivity index (χ3n) is 4.16. The summed E-state index contributed by atoms with van der Waals surface area (Å²) in [4.78, 5) is 24.1. The lowest BCUT2D eigenvalue weighted by molar-refractivity contribution is -0.119. The predicted octanol–water partition coefficient (Wildman–Crippen LogP) is 2.62. The number of benzene rings is 2. The Morgan fingerprint density at radius 1 is 1.12 bits per heavy atom. The highest BCUT2D eigenvalue weighted by molar-refractivity contribution is 5.91. The van der Waals surface area contributed by atoms with Gasteiger partial charge in [0.05, 0.1) is 19.1 Å². The fraction of sp³-hybridized carbons (Fsp3) is 0.263. The molecule has 25 heavy (non-hydrogen) atoms. The van der Waals surface area contributed by atoms with Crippen LogP contribution in [0, 0.1) is 0 Å². The maximum atomic E-state index is 12.4. The highest BCUT2D eigenvalue weighted by Gasteiger charge is 2.22. The van der Waals surface area contributed by atoms with E-state index in [0.717, 1.165) is 16.9 Å². The van der Waals surface area contributed by atoms with Gasteiger partial charge in [0.1, 0.15) is 5.75 Å². The van der Waals surface area contributed by atoms with E-state index in [-0.39, 0.29) is 24.4 Å². The largest absolute Gasteiger partial charge is 0.493 e. The van der Waals surface area contributed by atoms with Gasteiger partial charge in [-0.3, -0.25) is 4.79 Å². The van der Waals surface area contributed by atoms with Crippen LogP contribution in [0.25, 0.3) is 0 Å². The van der Waals surface area contributed by atoms with E-state index in [2.05, 4.69) is 16.0 Å². The molecule has 0 aliphatic carbocycles. The topological polar surface area (TPSA) is 79.5 Å². The lowest BCUT2D eigenvalue weighted by Gasteiger charge is -2.26. The zero-order valence-corrected chi connectivity index (χ0v) is 14.0. The minimum Gasteiger partial charge on any atom is -0.493 e. The summed E-state index contributed by atoms with van der Waals surface area (Å²) in [6, 6.07) is 14.6. The summed E-state index contributed by atoms with van der Waals surface area (Å²) < 4.78 is 5.61. The number of ether oxygens (including phenoxy) is 1. The number of likely N-dealkylation sites (N-methyl/N-ethyl adjacent to an activating group) is 1. The van der Waals surface area contributed by atoms with Crippen LogP contribution < -0.4 is 20.7 Å². The molecular weight excluding hydrogens is 318 g/mol. The van der Waals surface area contributed by atoms with Crippen molar-refractivity contribution >= 4 is 17.6 Å². The van der Waals surface area contributed by atoms with E-state index in [1.807, 2.05) is 42.5 Å². The molecule has 0 bridgehead atoms. The Labute approximate surface area is 146 Å². The fourth-order valence-electron chi connectivity index (χ4n) is 2.87. The van der Waals surface area contributed by atoms with Crippen LogP contribution in [0.15, 0.2) is 48.5 Å². The highest BCUT2D eigenvalue weighted by Crippen LogP contribution is 2.31. The molecule has 1 aliphatic heterocycles. The zero-order valence-electron chi connectivity index (χ0n) is 14.0. The van der Waals surface area contributed by atoms with Crippen molar-refractivity contribution in [3.8, 4) is 5.75 Å². The van der Waals surface area contributed by atoms with Crippen molar-refractivity contribution in [1.82, 2.24) is 10.6 Å². The van der Waals surface area contributed by atoms with Crippen molar-refractivity contribution in [2.24, 2.45) is 0 Å².